The lowest BCUT2D eigenvalue weighted by molar-refractivity contribution is 0.260. The van der Waals surface area contributed by atoms with Crippen molar-refractivity contribution >= 4 is 15.9 Å². The van der Waals surface area contributed by atoms with Crippen LogP contribution < -0.4 is 5.32 Å². The Morgan fingerprint density at radius 2 is 2.11 bits per heavy atom. The summed E-state index contributed by atoms with van der Waals surface area (Å²) < 4.78 is 27.1. The predicted octanol–water partition coefficient (Wildman–Crippen LogP) is 4.96. The maximum atomic E-state index is 13.7. The second-order valence-corrected chi connectivity index (χ2v) is 6.10. The monoisotopic (exact) mass is 331 g/mol. The molecule has 0 saturated heterocycles. The molecule has 0 bridgehead atoms. The van der Waals surface area contributed by atoms with Crippen LogP contribution in [0.2, 0.25) is 0 Å². The molecule has 1 aliphatic carbocycles. The molecule has 0 amide bonds. The minimum Gasteiger partial charge on any atom is -0.310 e. The van der Waals surface area contributed by atoms with Gasteiger partial charge < -0.3 is 5.32 Å². The van der Waals surface area contributed by atoms with Gasteiger partial charge in [0.15, 0.2) is 11.6 Å². The molecule has 4 heteroatoms. The second-order valence-electron chi connectivity index (χ2n) is 5.30. The second kappa shape index (κ2) is 6.80. The van der Waals surface area contributed by atoms with E-state index < -0.39 is 11.6 Å². The summed E-state index contributed by atoms with van der Waals surface area (Å²) in [7, 11) is 0. The van der Waals surface area contributed by atoms with Crippen molar-refractivity contribution in [2.45, 2.75) is 45.1 Å². The van der Waals surface area contributed by atoms with Gasteiger partial charge in [-0.15, -0.1) is 0 Å². The number of halogens is 3. The largest absolute Gasteiger partial charge is 0.310 e. The molecule has 0 aliphatic heterocycles. The van der Waals surface area contributed by atoms with Gasteiger partial charge in [-0.3, -0.25) is 0 Å². The van der Waals surface area contributed by atoms with Crippen molar-refractivity contribution in [3.05, 3.63) is 33.8 Å². The van der Waals surface area contributed by atoms with E-state index in [9.17, 15) is 8.78 Å². The zero-order valence-corrected chi connectivity index (χ0v) is 12.8. The molecule has 0 aromatic heterocycles. The highest BCUT2D eigenvalue weighted by molar-refractivity contribution is 9.10. The molecule has 2 rings (SSSR count). The third kappa shape index (κ3) is 3.54. The fourth-order valence-electron chi connectivity index (χ4n) is 2.51. The molecule has 1 unspecified atom stereocenters. The third-order valence-electron chi connectivity index (χ3n) is 3.87. The van der Waals surface area contributed by atoms with Crippen LogP contribution in [0, 0.1) is 17.6 Å². The van der Waals surface area contributed by atoms with Crippen LogP contribution in [0.5, 0.6) is 0 Å². The maximum absolute atomic E-state index is 13.7. The predicted molar refractivity (Wildman–Crippen MR) is 77.1 cm³/mol. The first-order valence-corrected chi connectivity index (χ1v) is 7.79. The summed E-state index contributed by atoms with van der Waals surface area (Å²) in [5.41, 5.74) is 0.833. The van der Waals surface area contributed by atoms with Gasteiger partial charge in [0.05, 0.1) is 4.47 Å². The van der Waals surface area contributed by atoms with Crippen molar-refractivity contribution in [1.82, 2.24) is 5.32 Å². The van der Waals surface area contributed by atoms with Gasteiger partial charge >= 0.3 is 0 Å². The molecule has 1 aromatic rings. The standard InChI is InChI=1S/C15H20BrF2N/c1-2-8-19-13(9-10-4-3-5-10)11-6-7-12(17)15(18)14(11)16/h6-7,10,13,19H,2-5,8-9H2,1H3. The number of nitrogens with one attached hydrogen (secondary N) is 1. The van der Waals surface area contributed by atoms with Crippen LogP contribution in [0.1, 0.15) is 50.6 Å². The molecule has 1 saturated carbocycles. The van der Waals surface area contributed by atoms with Crippen molar-refractivity contribution in [3.63, 3.8) is 0 Å². The van der Waals surface area contributed by atoms with Gasteiger partial charge in [0, 0.05) is 6.04 Å². The van der Waals surface area contributed by atoms with Gasteiger partial charge in [-0.25, -0.2) is 8.78 Å². The molecule has 106 valence electrons. The minimum absolute atomic E-state index is 0.106. The summed E-state index contributed by atoms with van der Waals surface area (Å²) in [6.45, 7) is 3.00. The van der Waals surface area contributed by atoms with Crippen LogP contribution in [-0.4, -0.2) is 6.54 Å². The van der Waals surface area contributed by atoms with Crippen LogP contribution in [0.15, 0.2) is 16.6 Å². The lowest BCUT2D eigenvalue weighted by atomic mass is 9.79. The highest BCUT2D eigenvalue weighted by Crippen LogP contribution is 2.37. The Morgan fingerprint density at radius 3 is 2.68 bits per heavy atom. The molecular weight excluding hydrogens is 312 g/mol. The van der Waals surface area contributed by atoms with Gasteiger partial charge in [-0.05, 0) is 52.9 Å². The first kappa shape index (κ1) is 14.9. The summed E-state index contributed by atoms with van der Waals surface area (Å²) >= 11 is 3.20. The lowest BCUT2D eigenvalue weighted by Crippen LogP contribution is -2.27. The van der Waals surface area contributed by atoms with Crippen LogP contribution in [0.4, 0.5) is 8.78 Å². The fourth-order valence-corrected chi connectivity index (χ4v) is 3.11. The molecule has 1 atom stereocenters. The molecular formula is C15H20BrF2N. The Morgan fingerprint density at radius 1 is 1.37 bits per heavy atom. The van der Waals surface area contributed by atoms with Crippen LogP contribution in [0.3, 0.4) is 0 Å². The average molecular weight is 332 g/mol. The number of benzene rings is 1. The Bertz CT molecular complexity index is 432. The van der Waals surface area contributed by atoms with Crippen molar-refractivity contribution in [3.8, 4) is 0 Å². The van der Waals surface area contributed by atoms with E-state index in [1.54, 1.807) is 6.07 Å². The SMILES string of the molecule is CCCNC(CC1CCC1)c1ccc(F)c(F)c1Br. The smallest absolute Gasteiger partial charge is 0.173 e. The number of hydrogen-bond donors (Lipinski definition) is 1. The molecule has 1 aromatic carbocycles. The van der Waals surface area contributed by atoms with Crippen LogP contribution in [-0.2, 0) is 0 Å². The van der Waals surface area contributed by atoms with E-state index in [0.29, 0.717) is 0 Å². The van der Waals surface area contributed by atoms with E-state index in [1.807, 2.05) is 0 Å². The van der Waals surface area contributed by atoms with Gasteiger partial charge in [-0.1, -0.05) is 32.3 Å². The molecule has 1 fully saturated rings. The number of hydrogen-bond acceptors (Lipinski definition) is 1. The first-order valence-electron chi connectivity index (χ1n) is 7.00. The van der Waals surface area contributed by atoms with Crippen molar-refractivity contribution in [2.75, 3.05) is 6.54 Å². The van der Waals surface area contributed by atoms with Gasteiger partial charge in [-0.2, -0.15) is 0 Å². The fraction of sp³-hybridized carbons (Fsp3) is 0.600. The van der Waals surface area contributed by atoms with Gasteiger partial charge in [0.1, 0.15) is 0 Å². The highest BCUT2D eigenvalue weighted by atomic mass is 79.9. The topological polar surface area (TPSA) is 12.0 Å². The Balaban J connectivity index is 2.18. The number of rotatable bonds is 6. The van der Waals surface area contributed by atoms with Gasteiger partial charge in [0.2, 0.25) is 0 Å². The summed E-state index contributed by atoms with van der Waals surface area (Å²) in [4.78, 5) is 0. The third-order valence-corrected chi connectivity index (χ3v) is 4.68. The minimum atomic E-state index is -0.798. The summed E-state index contributed by atoms with van der Waals surface area (Å²) in [5.74, 6) is -0.864. The van der Waals surface area contributed by atoms with E-state index in [-0.39, 0.29) is 10.5 Å². The zero-order chi connectivity index (χ0) is 13.8. The summed E-state index contributed by atoms with van der Waals surface area (Å²) in [5, 5.41) is 3.45. The van der Waals surface area contributed by atoms with E-state index in [4.69, 9.17) is 0 Å². The van der Waals surface area contributed by atoms with Crippen LogP contribution in [0.25, 0.3) is 0 Å². The molecule has 1 N–H and O–H groups in total. The van der Waals surface area contributed by atoms with E-state index in [1.165, 1.54) is 25.3 Å². The zero-order valence-electron chi connectivity index (χ0n) is 11.2. The quantitative estimate of drug-likeness (QED) is 0.726. The Hall–Kier alpha value is -0.480. The van der Waals surface area contributed by atoms with E-state index in [0.717, 1.165) is 30.9 Å². The summed E-state index contributed by atoms with van der Waals surface area (Å²) in [6.07, 6.45) is 5.84. The van der Waals surface area contributed by atoms with Crippen molar-refractivity contribution < 1.29 is 8.78 Å². The molecule has 1 aliphatic rings. The van der Waals surface area contributed by atoms with Crippen LogP contribution >= 0.6 is 15.9 Å². The van der Waals surface area contributed by atoms with E-state index >= 15 is 0 Å². The highest BCUT2D eigenvalue weighted by Gasteiger charge is 2.25. The first-order chi connectivity index (χ1) is 9.13. The average Bonchev–Trinajstić information content (AvgIpc) is 2.35. The lowest BCUT2D eigenvalue weighted by Gasteiger charge is -2.31. The molecule has 19 heavy (non-hydrogen) atoms. The summed E-state index contributed by atoms with van der Waals surface area (Å²) in [6, 6.07) is 3.01. The van der Waals surface area contributed by atoms with Gasteiger partial charge in [0.25, 0.3) is 0 Å². The Kier molecular flexibility index (Phi) is 5.34. The van der Waals surface area contributed by atoms with E-state index in [2.05, 4.69) is 28.2 Å². The Labute approximate surface area is 121 Å². The maximum Gasteiger partial charge on any atom is 0.173 e. The normalized spacial score (nSPS) is 17.3. The molecule has 0 spiro atoms. The van der Waals surface area contributed by atoms with Crippen molar-refractivity contribution in [2.24, 2.45) is 5.92 Å². The molecule has 0 heterocycles. The molecule has 0 radical (unpaired) electrons. The molecule has 1 nitrogen and oxygen atoms in total. The van der Waals surface area contributed by atoms with Crippen molar-refractivity contribution in [1.29, 1.82) is 0 Å².